The van der Waals surface area contributed by atoms with Crippen LogP contribution in [0.15, 0.2) is 36.1 Å². The Hall–Kier alpha value is -1.31. The highest BCUT2D eigenvalue weighted by Crippen LogP contribution is 2.05. The summed E-state index contributed by atoms with van der Waals surface area (Å²) in [6.07, 6.45) is 6.83. The molecule has 0 fully saturated rings. The molecule has 0 radical (unpaired) electrons. The maximum atomic E-state index is 5.50. The van der Waals surface area contributed by atoms with Crippen molar-refractivity contribution in [1.29, 1.82) is 5.41 Å². The Labute approximate surface area is 95.3 Å². The Kier molecular flexibility index (Phi) is 23.8. The van der Waals surface area contributed by atoms with E-state index >= 15 is 0 Å². The van der Waals surface area contributed by atoms with Crippen molar-refractivity contribution in [1.82, 2.24) is 5.32 Å². The van der Waals surface area contributed by atoms with Crippen molar-refractivity contribution in [2.45, 2.75) is 34.1 Å². The lowest BCUT2D eigenvalue weighted by molar-refractivity contribution is 0.955. The fourth-order valence-electron chi connectivity index (χ4n) is 0.794. The third kappa shape index (κ3) is 12.7. The molecule has 0 amide bonds. The molecule has 0 atom stereocenters. The van der Waals surface area contributed by atoms with Crippen LogP contribution in [0, 0.1) is 5.41 Å². The Bertz CT molecular complexity index is 191. The van der Waals surface area contributed by atoms with E-state index in [2.05, 4.69) is 32.5 Å². The van der Waals surface area contributed by atoms with Gasteiger partial charge in [-0.2, -0.15) is 0 Å². The second-order valence-electron chi connectivity index (χ2n) is 2.39. The quantitative estimate of drug-likeness (QED) is 0.535. The summed E-state index contributed by atoms with van der Waals surface area (Å²) in [5.74, 6) is 0. The van der Waals surface area contributed by atoms with Crippen molar-refractivity contribution < 1.29 is 0 Å². The van der Waals surface area contributed by atoms with Gasteiger partial charge in [-0.05, 0) is 26.1 Å². The van der Waals surface area contributed by atoms with E-state index in [1.807, 2.05) is 33.0 Å². The number of allylic oxidation sites excluding steroid dienone is 4. The lowest BCUT2D eigenvalue weighted by atomic mass is 10.1. The summed E-state index contributed by atoms with van der Waals surface area (Å²) < 4.78 is 0. The molecule has 0 unspecified atom stereocenters. The average molecular weight is 210 g/mol. The van der Waals surface area contributed by atoms with E-state index in [-0.39, 0.29) is 0 Å². The molecule has 2 nitrogen and oxygen atoms in total. The van der Waals surface area contributed by atoms with E-state index in [1.165, 1.54) is 11.3 Å². The van der Waals surface area contributed by atoms with Crippen LogP contribution in [0.1, 0.15) is 34.1 Å². The fourth-order valence-corrected chi connectivity index (χ4v) is 0.794. The summed E-state index contributed by atoms with van der Waals surface area (Å²) in [4.78, 5) is 0. The molecule has 0 bridgehead atoms. The first kappa shape index (κ1) is 19.3. The molecule has 0 aromatic heterocycles. The Morgan fingerprint density at radius 2 is 1.80 bits per heavy atom. The molecule has 15 heavy (non-hydrogen) atoms. The highest BCUT2D eigenvalue weighted by molar-refractivity contribution is 5.24. The summed E-state index contributed by atoms with van der Waals surface area (Å²) in [5.41, 5.74) is 2.55. The summed E-state index contributed by atoms with van der Waals surface area (Å²) in [5, 5.41) is 8.63. The van der Waals surface area contributed by atoms with Gasteiger partial charge in [-0.1, -0.05) is 45.1 Å². The third-order valence-electron chi connectivity index (χ3n) is 1.66. The van der Waals surface area contributed by atoms with E-state index in [4.69, 9.17) is 5.41 Å². The van der Waals surface area contributed by atoms with E-state index in [1.54, 1.807) is 6.08 Å². The van der Waals surface area contributed by atoms with Crippen LogP contribution in [0.5, 0.6) is 0 Å². The Balaban J connectivity index is -0.000000318. The number of hydrogen-bond donors (Lipinski definition) is 2. The normalized spacial score (nSPS) is 10.2. The van der Waals surface area contributed by atoms with Crippen molar-refractivity contribution in [3.63, 3.8) is 0 Å². The first-order valence-electron chi connectivity index (χ1n) is 5.28. The predicted molar refractivity (Wildman–Crippen MR) is 72.6 cm³/mol. The van der Waals surface area contributed by atoms with Gasteiger partial charge in [-0.15, -0.1) is 0 Å². The van der Waals surface area contributed by atoms with Gasteiger partial charge in [0.05, 0.1) is 0 Å². The van der Waals surface area contributed by atoms with E-state index < -0.39 is 0 Å². The first-order chi connectivity index (χ1) is 7.26. The summed E-state index contributed by atoms with van der Waals surface area (Å²) >= 11 is 0. The number of rotatable bonds is 4. The van der Waals surface area contributed by atoms with Gasteiger partial charge in [0.25, 0.3) is 0 Å². The molecule has 0 rings (SSSR count). The standard InChI is InChI=1S/C10H17N.C2H6.CH3N/c1-5-7-8-10(11-4)9(3)6-2;2*1-2/h5,7-8,11H,1,6H2,2-4H3;1-2H3;2H,1H2/b8-7-,10-9+;;. The molecule has 0 spiro atoms. The van der Waals surface area contributed by atoms with Crippen molar-refractivity contribution in [3.05, 3.63) is 36.1 Å². The van der Waals surface area contributed by atoms with Crippen molar-refractivity contribution >= 4 is 6.72 Å². The summed E-state index contributed by atoms with van der Waals surface area (Å²) in [6, 6.07) is 0. The summed E-state index contributed by atoms with van der Waals surface area (Å²) in [6.45, 7) is 14.4. The van der Waals surface area contributed by atoms with Crippen LogP contribution in [0.3, 0.4) is 0 Å². The molecule has 0 aromatic rings. The Morgan fingerprint density at radius 3 is 2.07 bits per heavy atom. The molecule has 88 valence electrons. The third-order valence-corrected chi connectivity index (χ3v) is 1.66. The lowest BCUT2D eigenvalue weighted by Gasteiger charge is -2.04. The van der Waals surface area contributed by atoms with Gasteiger partial charge in [0.15, 0.2) is 0 Å². The molecule has 0 aliphatic rings. The zero-order valence-electron chi connectivity index (χ0n) is 10.9. The average Bonchev–Trinajstić information content (AvgIpc) is 2.34. The van der Waals surface area contributed by atoms with Gasteiger partial charge in [-0.25, -0.2) is 0 Å². The lowest BCUT2D eigenvalue weighted by Crippen LogP contribution is -2.05. The van der Waals surface area contributed by atoms with Gasteiger partial charge < -0.3 is 10.7 Å². The van der Waals surface area contributed by atoms with E-state index in [0.717, 1.165) is 6.42 Å². The van der Waals surface area contributed by atoms with Crippen LogP contribution < -0.4 is 5.32 Å². The molecule has 2 N–H and O–H groups in total. The van der Waals surface area contributed by atoms with Gasteiger partial charge in [-0.3, -0.25) is 0 Å². The number of nitrogens with one attached hydrogen (secondary N) is 2. The smallest absolute Gasteiger partial charge is 0.0326 e. The first-order valence-corrected chi connectivity index (χ1v) is 5.28. The largest absolute Gasteiger partial charge is 0.388 e. The van der Waals surface area contributed by atoms with Crippen LogP contribution in [-0.2, 0) is 0 Å². The molecule has 0 saturated heterocycles. The molecular weight excluding hydrogens is 184 g/mol. The maximum absolute atomic E-state index is 5.50. The molecule has 0 aliphatic carbocycles. The van der Waals surface area contributed by atoms with Gasteiger partial charge in [0, 0.05) is 12.7 Å². The van der Waals surface area contributed by atoms with Crippen LogP contribution >= 0.6 is 0 Å². The zero-order valence-corrected chi connectivity index (χ0v) is 10.9. The van der Waals surface area contributed by atoms with Gasteiger partial charge in [0.1, 0.15) is 0 Å². The summed E-state index contributed by atoms with van der Waals surface area (Å²) in [7, 11) is 1.93. The van der Waals surface area contributed by atoms with Gasteiger partial charge >= 0.3 is 0 Å². The van der Waals surface area contributed by atoms with Crippen molar-refractivity contribution in [3.8, 4) is 0 Å². The van der Waals surface area contributed by atoms with Crippen LogP contribution in [0.4, 0.5) is 0 Å². The maximum Gasteiger partial charge on any atom is 0.0326 e. The topological polar surface area (TPSA) is 35.9 Å². The minimum atomic E-state index is 1.08. The molecule has 0 aliphatic heterocycles. The predicted octanol–water partition coefficient (Wildman–Crippen LogP) is 3.92. The van der Waals surface area contributed by atoms with E-state index in [0.29, 0.717) is 0 Å². The van der Waals surface area contributed by atoms with Gasteiger partial charge in [0.2, 0.25) is 0 Å². The molecule has 0 saturated carbocycles. The number of hydrogen-bond acceptors (Lipinski definition) is 2. The second-order valence-corrected chi connectivity index (χ2v) is 2.39. The minimum absolute atomic E-state index is 1.08. The fraction of sp³-hybridized carbons (Fsp3) is 0.462. The SMILES string of the molecule is C=C/C=C\C(NC)=C(\C)CC.C=N.CC. The highest BCUT2D eigenvalue weighted by atomic mass is 14.8. The second kappa shape index (κ2) is 18.5. The highest BCUT2D eigenvalue weighted by Gasteiger charge is 1.91. The minimum Gasteiger partial charge on any atom is -0.388 e. The van der Waals surface area contributed by atoms with E-state index in [9.17, 15) is 0 Å². The van der Waals surface area contributed by atoms with Crippen molar-refractivity contribution in [2.75, 3.05) is 7.05 Å². The van der Waals surface area contributed by atoms with Crippen LogP contribution in [0.25, 0.3) is 0 Å². The van der Waals surface area contributed by atoms with Crippen molar-refractivity contribution in [2.24, 2.45) is 0 Å². The molecular formula is C13H26N2. The monoisotopic (exact) mass is 210 g/mol. The number of likely N-dealkylation sites (N-methyl/N-ethyl adjacent to an activating group) is 1. The molecule has 2 heteroatoms. The van der Waals surface area contributed by atoms with Crippen LogP contribution in [-0.4, -0.2) is 13.8 Å². The Morgan fingerprint density at radius 1 is 1.33 bits per heavy atom. The zero-order chi connectivity index (χ0) is 12.7. The molecule has 0 aromatic carbocycles. The van der Waals surface area contributed by atoms with Crippen LogP contribution in [0.2, 0.25) is 0 Å². The molecule has 0 heterocycles.